The van der Waals surface area contributed by atoms with E-state index in [0.29, 0.717) is 17.9 Å². The number of fused-ring (bicyclic) bond motifs is 3. The molecule has 1 N–H and O–H groups in total. The van der Waals surface area contributed by atoms with Gasteiger partial charge in [-0.05, 0) is 40.8 Å². The number of hydrogen-bond acceptors (Lipinski definition) is 4. The van der Waals surface area contributed by atoms with Crippen molar-refractivity contribution in [2.45, 2.75) is 32.2 Å². The number of unbranched alkanes of at least 4 members (excludes halogenated alkanes) is 1. The Kier molecular flexibility index (Phi) is 7.39. The summed E-state index contributed by atoms with van der Waals surface area (Å²) in [5.41, 5.74) is 5.22. The van der Waals surface area contributed by atoms with Gasteiger partial charge in [-0.15, -0.1) is 6.42 Å². The Balaban J connectivity index is 1.44. The molecule has 0 heterocycles. The average molecular weight is 456 g/mol. The van der Waals surface area contributed by atoms with Crippen molar-refractivity contribution in [1.82, 2.24) is 4.90 Å². The van der Waals surface area contributed by atoms with Gasteiger partial charge in [0.25, 0.3) is 0 Å². The Labute approximate surface area is 200 Å². The highest BCUT2D eigenvalue weighted by molar-refractivity contribution is 5.79. The summed E-state index contributed by atoms with van der Waals surface area (Å²) in [6, 6.07) is 21.5. The maximum absolute atomic E-state index is 13.0. The van der Waals surface area contributed by atoms with E-state index in [2.05, 4.69) is 37.1 Å². The maximum Gasteiger partial charge on any atom is 0.410 e. The van der Waals surface area contributed by atoms with Crippen LogP contribution in [-0.2, 0) is 11.3 Å². The number of aromatic hydroxyl groups is 1. The second-order valence-corrected chi connectivity index (χ2v) is 8.36. The van der Waals surface area contributed by atoms with Crippen molar-refractivity contribution in [2.75, 3.05) is 19.8 Å². The van der Waals surface area contributed by atoms with Crippen molar-refractivity contribution >= 4 is 6.09 Å². The first-order chi connectivity index (χ1) is 16.6. The topological polar surface area (TPSA) is 59.0 Å². The zero-order chi connectivity index (χ0) is 23.9. The summed E-state index contributed by atoms with van der Waals surface area (Å²) in [6.07, 6.45) is 6.98. The Morgan fingerprint density at radius 1 is 1.06 bits per heavy atom. The van der Waals surface area contributed by atoms with Gasteiger partial charge in [-0.25, -0.2) is 4.79 Å². The standard InChI is InChI=1S/C29H29NO4/c1-3-5-17-33-22-15-14-21(28(31)18-22)19-30(16-4-2)29(32)34-20-27-25-12-8-6-10-23(25)24-11-7-9-13-26(24)27/h2,6-15,18,27,31H,3,5,16-17,19-20H2,1H3. The molecular weight excluding hydrogens is 426 g/mol. The number of ether oxygens (including phenoxy) is 2. The summed E-state index contributed by atoms with van der Waals surface area (Å²) in [4.78, 5) is 14.4. The van der Waals surface area contributed by atoms with Crippen molar-refractivity contribution in [2.24, 2.45) is 0 Å². The molecule has 0 spiro atoms. The number of hydrogen-bond donors (Lipinski definition) is 1. The summed E-state index contributed by atoms with van der Waals surface area (Å²) >= 11 is 0. The minimum Gasteiger partial charge on any atom is -0.507 e. The highest BCUT2D eigenvalue weighted by atomic mass is 16.6. The molecule has 3 aromatic rings. The van der Waals surface area contributed by atoms with Crippen molar-refractivity contribution in [3.05, 3.63) is 83.4 Å². The second kappa shape index (κ2) is 10.8. The van der Waals surface area contributed by atoms with E-state index in [1.807, 2.05) is 24.3 Å². The van der Waals surface area contributed by atoms with Crippen molar-refractivity contribution in [1.29, 1.82) is 0 Å². The number of rotatable bonds is 9. The monoisotopic (exact) mass is 455 g/mol. The molecule has 0 fully saturated rings. The molecule has 1 aliphatic rings. The SMILES string of the molecule is C#CCN(Cc1ccc(OCCCC)cc1O)C(=O)OCC1c2ccccc2-c2ccccc21. The zero-order valence-electron chi connectivity index (χ0n) is 19.4. The average Bonchev–Trinajstić information content (AvgIpc) is 3.17. The lowest BCUT2D eigenvalue weighted by molar-refractivity contribution is 0.102. The fraction of sp³-hybridized carbons (Fsp3) is 0.276. The Morgan fingerprint density at radius 2 is 1.74 bits per heavy atom. The number of amides is 1. The summed E-state index contributed by atoms with van der Waals surface area (Å²) in [5, 5.41) is 10.5. The van der Waals surface area contributed by atoms with Crippen LogP contribution in [0.15, 0.2) is 66.7 Å². The molecule has 0 aliphatic heterocycles. The van der Waals surface area contributed by atoms with E-state index in [1.54, 1.807) is 18.2 Å². The molecule has 0 radical (unpaired) electrons. The maximum atomic E-state index is 13.0. The predicted molar refractivity (Wildman–Crippen MR) is 133 cm³/mol. The first-order valence-corrected chi connectivity index (χ1v) is 11.6. The number of benzene rings is 3. The van der Waals surface area contributed by atoms with Gasteiger partial charge >= 0.3 is 6.09 Å². The molecule has 3 aromatic carbocycles. The van der Waals surface area contributed by atoms with Gasteiger partial charge in [-0.3, -0.25) is 4.90 Å². The van der Waals surface area contributed by atoms with Crippen molar-refractivity contribution in [3.63, 3.8) is 0 Å². The minimum absolute atomic E-state index is 0.0306. The van der Waals surface area contributed by atoms with Crippen LogP contribution in [0.5, 0.6) is 11.5 Å². The van der Waals surface area contributed by atoms with E-state index in [0.717, 1.165) is 24.0 Å². The molecule has 0 aromatic heterocycles. The van der Waals surface area contributed by atoms with Crippen LogP contribution >= 0.6 is 0 Å². The van der Waals surface area contributed by atoms with Gasteiger partial charge in [0.2, 0.25) is 0 Å². The van der Waals surface area contributed by atoms with Crippen LogP contribution in [-0.4, -0.2) is 35.9 Å². The van der Waals surface area contributed by atoms with Crippen LogP contribution < -0.4 is 4.74 Å². The molecular formula is C29H29NO4. The highest BCUT2D eigenvalue weighted by Crippen LogP contribution is 2.44. The Morgan fingerprint density at radius 3 is 2.35 bits per heavy atom. The molecule has 5 heteroatoms. The second-order valence-electron chi connectivity index (χ2n) is 8.36. The fourth-order valence-corrected chi connectivity index (χ4v) is 4.29. The van der Waals surface area contributed by atoms with Gasteiger partial charge in [0.1, 0.15) is 18.1 Å². The lowest BCUT2D eigenvalue weighted by Gasteiger charge is -2.22. The number of nitrogens with zero attached hydrogens (tertiary/aromatic N) is 1. The molecule has 0 saturated carbocycles. The van der Waals surface area contributed by atoms with Crippen LogP contribution in [0.4, 0.5) is 4.79 Å². The third kappa shape index (κ3) is 5.02. The Hall–Kier alpha value is -3.91. The number of carbonyl (C=O) groups is 1. The number of phenolic OH excluding ortho intramolecular Hbond substituents is 1. The normalized spacial score (nSPS) is 11.9. The van der Waals surface area contributed by atoms with Gasteiger partial charge in [-0.2, -0.15) is 0 Å². The molecule has 0 saturated heterocycles. The molecule has 0 unspecified atom stereocenters. The lowest BCUT2D eigenvalue weighted by Crippen LogP contribution is -2.32. The van der Waals surface area contributed by atoms with Crippen LogP contribution in [0.1, 0.15) is 42.4 Å². The summed E-state index contributed by atoms with van der Waals surface area (Å²) in [7, 11) is 0. The highest BCUT2D eigenvalue weighted by Gasteiger charge is 2.29. The van der Waals surface area contributed by atoms with Gasteiger partial charge in [0, 0.05) is 17.5 Å². The van der Waals surface area contributed by atoms with E-state index in [-0.39, 0.29) is 31.4 Å². The molecule has 4 rings (SSSR count). The van der Waals surface area contributed by atoms with Crippen LogP contribution in [0, 0.1) is 12.3 Å². The Bertz CT molecular complexity index is 1150. The fourth-order valence-electron chi connectivity index (χ4n) is 4.29. The predicted octanol–water partition coefficient (Wildman–Crippen LogP) is 5.96. The molecule has 1 amide bonds. The van der Waals surface area contributed by atoms with Gasteiger partial charge in [-0.1, -0.05) is 67.8 Å². The largest absolute Gasteiger partial charge is 0.507 e. The summed E-state index contributed by atoms with van der Waals surface area (Å²) < 4.78 is 11.4. The van der Waals surface area contributed by atoms with Crippen LogP contribution in [0.3, 0.4) is 0 Å². The van der Waals surface area contributed by atoms with Gasteiger partial charge in [0.15, 0.2) is 0 Å². The van der Waals surface area contributed by atoms with E-state index >= 15 is 0 Å². The summed E-state index contributed by atoms with van der Waals surface area (Å²) in [6.45, 7) is 3.11. The van der Waals surface area contributed by atoms with Gasteiger partial charge in [0.05, 0.1) is 19.7 Å². The third-order valence-corrected chi connectivity index (χ3v) is 6.06. The molecule has 0 atom stereocenters. The summed E-state index contributed by atoms with van der Waals surface area (Å²) in [5.74, 6) is 3.14. The molecule has 34 heavy (non-hydrogen) atoms. The smallest absolute Gasteiger partial charge is 0.410 e. The lowest BCUT2D eigenvalue weighted by atomic mass is 9.98. The van der Waals surface area contributed by atoms with E-state index < -0.39 is 6.09 Å². The number of carbonyl (C=O) groups excluding carboxylic acids is 1. The van der Waals surface area contributed by atoms with Crippen LogP contribution in [0.2, 0.25) is 0 Å². The van der Waals surface area contributed by atoms with Crippen LogP contribution in [0.25, 0.3) is 11.1 Å². The van der Waals surface area contributed by atoms with E-state index in [1.165, 1.54) is 16.0 Å². The molecule has 0 bridgehead atoms. The number of phenols is 1. The molecule has 174 valence electrons. The zero-order valence-corrected chi connectivity index (χ0v) is 19.4. The van der Waals surface area contributed by atoms with E-state index in [9.17, 15) is 9.90 Å². The first kappa shape index (κ1) is 23.3. The number of terminal acetylenes is 1. The van der Waals surface area contributed by atoms with Crippen molar-refractivity contribution < 1.29 is 19.4 Å². The molecule has 5 nitrogen and oxygen atoms in total. The minimum atomic E-state index is -0.512. The van der Waals surface area contributed by atoms with E-state index in [4.69, 9.17) is 15.9 Å². The first-order valence-electron chi connectivity index (χ1n) is 11.6. The molecule has 1 aliphatic carbocycles. The van der Waals surface area contributed by atoms with Crippen molar-refractivity contribution in [3.8, 4) is 35.0 Å². The van der Waals surface area contributed by atoms with Gasteiger partial charge < -0.3 is 14.6 Å². The third-order valence-electron chi connectivity index (χ3n) is 6.06. The quantitative estimate of drug-likeness (QED) is 0.320.